The summed E-state index contributed by atoms with van der Waals surface area (Å²) in [5.41, 5.74) is 3.62. The lowest BCUT2D eigenvalue weighted by atomic mass is 10.00. The Morgan fingerprint density at radius 2 is 1.56 bits per heavy atom. The molecule has 1 aromatic heterocycles. The number of aliphatic hydroxyl groups excluding tert-OH is 1. The zero-order chi connectivity index (χ0) is 25.8. The molecule has 36 heavy (non-hydrogen) atoms. The normalized spacial score (nSPS) is 12.6. The third-order valence-electron chi connectivity index (χ3n) is 5.67. The molecule has 0 spiro atoms. The SMILES string of the molecule is Cc1onc(-c2ccc(-c3ccc(C(O)C(=O)O)cc3)cc2)c1NC(=O)OC(C)c1ccccc1F. The van der Waals surface area contributed by atoms with Gasteiger partial charge in [0.05, 0.1) is 0 Å². The molecule has 4 aromatic rings. The van der Waals surface area contributed by atoms with Crippen LogP contribution in [-0.2, 0) is 9.53 Å². The van der Waals surface area contributed by atoms with Gasteiger partial charge in [-0.25, -0.2) is 14.0 Å². The lowest BCUT2D eigenvalue weighted by molar-refractivity contribution is -0.146. The van der Waals surface area contributed by atoms with Crippen LogP contribution in [0.5, 0.6) is 0 Å². The maximum Gasteiger partial charge on any atom is 0.412 e. The minimum absolute atomic E-state index is 0.260. The molecule has 0 radical (unpaired) electrons. The Bertz CT molecular complexity index is 1380. The standard InChI is InChI=1S/C27H23FN2O6/c1-15(21-5-3-4-6-22(21)28)35-27(34)29-23-16(2)36-30-24(23)19-11-7-17(8-12-19)18-9-13-20(14-10-18)25(31)26(32)33/h3-15,25,31H,1-2H3,(H,29,34)(H,32,33). The highest BCUT2D eigenvalue weighted by atomic mass is 19.1. The van der Waals surface area contributed by atoms with Crippen molar-refractivity contribution in [1.82, 2.24) is 5.16 Å². The van der Waals surface area contributed by atoms with Crippen LogP contribution in [0.1, 0.15) is 36.0 Å². The highest BCUT2D eigenvalue weighted by Crippen LogP contribution is 2.32. The van der Waals surface area contributed by atoms with Crippen molar-refractivity contribution in [2.45, 2.75) is 26.1 Å². The van der Waals surface area contributed by atoms with Crippen molar-refractivity contribution in [2.24, 2.45) is 0 Å². The summed E-state index contributed by atoms with van der Waals surface area (Å²) in [6, 6.07) is 19.9. The molecule has 4 rings (SSSR count). The smallest absolute Gasteiger partial charge is 0.412 e. The maximum absolute atomic E-state index is 14.0. The van der Waals surface area contributed by atoms with E-state index >= 15 is 0 Å². The Kier molecular flexibility index (Phi) is 7.12. The number of aliphatic hydroxyl groups is 1. The topological polar surface area (TPSA) is 122 Å². The molecule has 0 bridgehead atoms. The molecule has 1 heterocycles. The van der Waals surface area contributed by atoms with E-state index in [2.05, 4.69) is 10.5 Å². The molecule has 0 saturated heterocycles. The van der Waals surface area contributed by atoms with Gasteiger partial charge in [-0.3, -0.25) is 5.32 Å². The molecule has 0 aliphatic rings. The number of carbonyl (C=O) groups excluding carboxylic acids is 1. The number of hydrogen-bond donors (Lipinski definition) is 3. The second-order valence-corrected chi connectivity index (χ2v) is 8.10. The fraction of sp³-hybridized carbons (Fsp3) is 0.148. The number of carboxylic acid groups (broad SMARTS) is 1. The van der Waals surface area contributed by atoms with E-state index < -0.39 is 30.1 Å². The largest absolute Gasteiger partial charge is 0.479 e. The zero-order valence-corrected chi connectivity index (χ0v) is 19.4. The first kappa shape index (κ1) is 24.6. The molecular formula is C27H23FN2O6. The number of hydrogen-bond acceptors (Lipinski definition) is 6. The van der Waals surface area contributed by atoms with E-state index in [0.29, 0.717) is 22.7 Å². The van der Waals surface area contributed by atoms with Crippen LogP contribution in [0.25, 0.3) is 22.4 Å². The van der Waals surface area contributed by atoms with Crippen LogP contribution in [0, 0.1) is 12.7 Å². The number of nitrogens with one attached hydrogen (secondary N) is 1. The molecule has 0 fully saturated rings. The summed E-state index contributed by atoms with van der Waals surface area (Å²) in [5.74, 6) is -1.41. The molecule has 0 saturated carbocycles. The summed E-state index contributed by atoms with van der Waals surface area (Å²) in [7, 11) is 0. The Morgan fingerprint density at radius 1 is 0.972 bits per heavy atom. The average molecular weight is 490 g/mol. The van der Waals surface area contributed by atoms with Crippen LogP contribution in [0.2, 0.25) is 0 Å². The number of nitrogens with zero attached hydrogens (tertiary/aromatic N) is 1. The second-order valence-electron chi connectivity index (χ2n) is 8.10. The first-order chi connectivity index (χ1) is 17.2. The Labute approximate surface area is 205 Å². The van der Waals surface area contributed by atoms with Gasteiger partial charge in [-0.1, -0.05) is 71.9 Å². The average Bonchev–Trinajstić information content (AvgIpc) is 3.23. The number of anilines is 1. The number of carboxylic acids is 1. The van der Waals surface area contributed by atoms with Crippen molar-refractivity contribution in [2.75, 3.05) is 5.32 Å². The van der Waals surface area contributed by atoms with Crippen molar-refractivity contribution in [3.8, 4) is 22.4 Å². The third kappa shape index (κ3) is 5.26. The molecular weight excluding hydrogens is 467 g/mol. The van der Waals surface area contributed by atoms with E-state index in [9.17, 15) is 19.1 Å². The van der Waals surface area contributed by atoms with Gasteiger partial charge in [0.1, 0.15) is 23.3 Å². The van der Waals surface area contributed by atoms with Crippen LogP contribution in [0.3, 0.4) is 0 Å². The first-order valence-corrected chi connectivity index (χ1v) is 11.0. The minimum Gasteiger partial charge on any atom is -0.479 e. The predicted molar refractivity (Wildman–Crippen MR) is 130 cm³/mol. The predicted octanol–water partition coefficient (Wildman–Crippen LogP) is 5.88. The van der Waals surface area contributed by atoms with Crippen molar-refractivity contribution < 1.29 is 33.5 Å². The van der Waals surface area contributed by atoms with Gasteiger partial charge in [0, 0.05) is 11.1 Å². The molecule has 3 N–H and O–H groups in total. The molecule has 8 nitrogen and oxygen atoms in total. The molecule has 3 aromatic carbocycles. The van der Waals surface area contributed by atoms with Gasteiger partial charge in [-0.2, -0.15) is 0 Å². The van der Waals surface area contributed by atoms with E-state index in [0.717, 1.165) is 11.1 Å². The van der Waals surface area contributed by atoms with E-state index in [1.54, 1.807) is 68.4 Å². The number of carbonyl (C=O) groups is 2. The number of rotatable bonds is 7. The van der Waals surface area contributed by atoms with Gasteiger partial charge in [0.15, 0.2) is 11.9 Å². The Morgan fingerprint density at radius 3 is 2.17 bits per heavy atom. The van der Waals surface area contributed by atoms with E-state index in [4.69, 9.17) is 14.4 Å². The van der Waals surface area contributed by atoms with Gasteiger partial charge >= 0.3 is 12.1 Å². The Balaban J connectivity index is 1.49. The highest BCUT2D eigenvalue weighted by molar-refractivity contribution is 5.91. The lowest BCUT2D eigenvalue weighted by Gasteiger charge is -2.15. The molecule has 2 atom stereocenters. The number of benzene rings is 3. The van der Waals surface area contributed by atoms with Crippen molar-refractivity contribution in [1.29, 1.82) is 0 Å². The van der Waals surface area contributed by atoms with Gasteiger partial charge in [-0.05, 0) is 36.6 Å². The first-order valence-electron chi connectivity index (χ1n) is 11.0. The van der Waals surface area contributed by atoms with Gasteiger partial charge in [0.2, 0.25) is 0 Å². The zero-order valence-electron chi connectivity index (χ0n) is 19.4. The fourth-order valence-corrected chi connectivity index (χ4v) is 3.70. The lowest BCUT2D eigenvalue weighted by Crippen LogP contribution is -2.17. The monoisotopic (exact) mass is 490 g/mol. The van der Waals surface area contributed by atoms with Crippen molar-refractivity contribution >= 4 is 17.7 Å². The third-order valence-corrected chi connectivity index (χ3v) is 5.67. The van der Waals surface area contributed by atoms with Crippen molar-refractivity contribution in [3.63, 3.8) is 0 Å². The molecule has 1 amide bonds. The van der Waals surface area contributed by atoms with E-state index in [1.165, 1.54) is 6.07 Å². The summed E-state index contributed by atoms with van der Waals surface area (Å²) in [6.07, 6.45) is -3.17. The van der Waals surface area contributed by atoms with Crippen molar-refractivity contribution in [3.05, 3.63) is 95.5 Å². The second kappa shape index (κ2) is 10.4. The van der Waals surface area contributed by atoms with Crippen LogP contribution < -0.4 is 5.32 Å². The summed E-state index contributed by atoms with van der Waals surface area (Å²) < 4.78 is 24.6. The summed E-state index contributed by atoms with van der Waals surface area (Å²) in [5, 5.41) is 25.3. The summed E-state index contributed by atoms with van der Waals surface area (Å²) >= 11 is 0. The summed E-state index contributed by atoms with van der Waals surface area (Å²) in [6.45, 7) is 3.22. The van der Waals surface area contributed by atoms with Crippen LogP contribution in [0.4, 0.5) is 14.9 Å². The minimum atomic E-state index is -1.58. The van der Waals surface area contributed by atoms with Gasteiger partial charge in [-0.15, -0.1) is 0 Å². The highest BCUT2D eigenvalue weighted by Gasteiger charge is 2.21. The fourth-order valence-electron chi connectivity index (χ4n) is 3.70. The van der Waals surface area contributed by atoms with E-state index in [1.807, 2.05) is 12.1 Å². The number of halogens is 1. The summed E-state index contributed by atoms with van der Waals surface area (Å²) in [4.78, 5) is 23.5. The quantitative estimate of drug-likeness (QED) is 0.295. The number of aliphatic carboxylic acids is 1. The number of aromatic nitrogens is 1. The molecule has 9 heteroatoms. The van der Waals surface area contributed by atoms with Crippen LogP contribution >= 0.6 is 0 Å². The van der Waals surface area contributed by atoms with Gasteiger partial charge in [0.25, 0.3) is 0 Å². The number of aryl methyl sites for hydroxylation is 1. The van der Waals surface area contributed by atoms with Crippen LogP contribution in [-0.4, -0.2) is 27.4 Å². The number of ether oxygens (including phenoxy) is 1. The molecule has 2 unspecified atom stereocenters. The Hall–Kier alpha value is -4.50. The number of amides is 1. The molecule has 0 aliphatic carbocycles. The molecule has 184 valence electrons. The van der Waals surface area contributed by atoms with E-state index in [-0.39, 0.29) is 11.1 Å². The molecule has 0 aliphatic heterocycles. The maximum atomic E-state index is 14.0. The van der Waals surface area contributed by atoms with Crippen LogP contribution in [0.15, 0.2) is 77.3 Å². The van der Waals surface area contributed by atoms with Gasteiger partial charge < -0.3 is 19.5 Å².